The summed E-state index contributed by atoms with van der Waals surface area (Å²) < 4.78 is 0. The number of thioether (sulfide) groups is 1. The molecule has 0 spiro atoms. The number of anilines is 1. The molecule has 0 radical (unpaired) electrons. The SMILES string of the molecule is CC(C)(C)c1ccc(C2SCCN2C(=O)Nc2cccc(C#N)c2)cc1. The summed E-state index contributed by atoms with van der Waals surface area (Å²) in [5.74, 6) is 0.914. The minimum Gasteiger partial charge on any atom is -0.308 e. The largest absolute Gasteiger partial charge is 0.323 e. The minimum absolute atomic E-state index is 0.0168. The van der Waals surface area contributed by atoms with Crippen molar-refractivity contribution >= 4 is 23.5 Å². The Bertz CT molecular complexity index is 834. The quantitative estimate of drug-likeness (QED) is 0.802. The second-order valence-corrected chi connectivity index (χ2v) is 8.60. The molecule has 134 valence electrons. The van der Waals surface area contributed by atoms with Gasteiger partial charge in [-0.3, -0.25) is 0 Å². The number of carbonyl (C=O) groups excluding carboxylic acids is 1. The predicted octanol–water partition coefficient (Wildman–Crippen LogP) is 5.14. The maximum atomic E-state index is 12.7. The number of benzene rings is 2. The third kappa shape index (κ3) is 4.03. The number of nitrogens with zero attached hydrogens (tertiary/aromatic N) is 2. The molecule has 1 N–H and O–H groups in total. The summed E-state index contributed by atoms with van der Waals surface area (Å²) in [5, 5.41) is 11.9. The van der Waals surface area contributed by atoms with Gasteiger partial charge in [-0.2, -0.15) is 5.26 Å². The van der Waals surface area contributed by atoms with E-state index in [4.69, 9.17) is 5.26 Å². The zero-order valence-corrected chi connectivity index (χ0v) is 16.1. The van der Waals surface area contributed by atoms with Crippen molar-refractivity contribution < 1.29 is 4.79 Å². The Morgan fingerprint density at radius 3 is 2.62 bits per heavy atom. The first-order valence-electron chi connectivity index (χ1n) is 8.68. The van der Waals surface area contributed by atoms with Crippen LogP contribution in [-0.2, 0) is 5.41 Å². The summed E-state index contributed by atoms with van der Waals surface area (Å²) in [6.45, 7) is 7.30. The molecule has 0 aromatic heterocycles. The van der Waals surface area contributed by atoms with Crippen molar-refractivity contribution in [1.29, 1.82) is 5.26 Å². The summed E-state index contributed by atoms with van der Waals surface area (Å²) in [5.41, 5.74) is 3.72. The first-order valence-corrected chi connectivity index (χ1v) is 9.73. The average Bonchev–Trinajstić information content (AvgIpc) is 3.11. The van der Waals surface area contributed by atoms with Gasteiger partial charge in [0, 0.05) is 18.0 Å². The summed E-state index contributed by atoms with van der Waals surface area (Å²) in [4.78, 5) is 14.6. The van der Waals surface area contributed by atoms with Crippen molar-refractivity contribution in [2.75, 3.05) is 17.6 Å². The monoisotopic (exact) mass is 365 g/mol. The highest BCUT2D eigenvalue weighted by Gasteiger charge is 2.31. The van der Waals surface area contributed by atoms with Crippen molar-refractivity contribution in [2.24, 2.45) is 0 Å². The third-order valence-electron chi connectivity index (χ3n) is 4.46. The van der Waals surface area contributed by atoms with Gasteiger partial charge in [-0.25, -0.2) is 4.79 Å². The lowest BCUT2D eigenvalue weighted by Crippen LogP contribution is -2.34. The van der Waals surface area contributed by atoms with E-state index in [1.54, 1.807) is 36.0 Å². The molecule has 1 aliphatic rings. The van der Waals surface area contributed by atoms with Gasteiger partial charge >= 0.3 is 6.03 Å². The number of rotatable bonds is 2. The van der Waals surface area contributed by atoms with Crippen LogP contribution in [0.15, 0.2) is 48.5 Å². The molecule has 1 atom stereocenters. The lowest BCUT2D eigenvalue weighted by molar-refractivity contribution is 0.214. The van der Waals surface area contributed by atoms with E-state index in [9.17, 15) is 4.79 Å². The summed E-state index contributed by atoms with van der Waals surface area (Å²) >= 11 is 1.78. The molecule has 3 rings (SSSR count). The topological polar surface area (TPSA) is 56.1 Å². The Kier molecular flexibility index (Phi) is 5.24. The molecule has 2 aromatic rings. The number of hydrogen-bond acceptors (Lipinski definition) is 3. The molecule has 4 nitrogen and oxygen atoms in total. The number of urea groups is 1. The highest BCUT2D eigenvalue weighted by atomic mass is 32.2. The van der Waals surface area contributed by atoms with Crippen LogP contribution >= 0.6 is 11.8 Å². The van der Waals surface area contributed by atoms with Crippen LogP contribution in [0.2, 0.25) is 0 Å². The number of amides is 2. The average molecular weight is 366 g/mol. The van der Waals surface area contributed by atoms with Gasteiger partial charge in [-0.15, -0.1) is 11.8 Å². The molecule has 26 heavy (non-hydrogen) atoms. The van der Waals surface area contributed by atoms with Gasteiger partial charge in [0.1, 0.15) is 5.37 Å². The zero-order chi connectivity index (χ0) is 18.7. The second-order valence-electron chi connectivity index (χ2n) is 7.41. The molecular formula is C21H23N3OS. The van der Waals surface area contributed by atoms with E-state index in [0.29, 0.717) is 17.8 Å². The zero-order valence-electron chi connectivity index (χ0n) is 15.3. The van der Waals surface area contributed by atoms with E-state index in [1.807, 2.05) is 4.90 Å². The fourth-order valence-corrected chi connectivity index (χ4v) is 4.22. The second kappa shape index (κ2) is 7.43. The molecule has 2 amide bonds. The molecule has 1 saturated heterocycles. The van der Waals surface area contributed by atoms with Gasteiger partial charge in [0.15, 0.2) is 0 Å². The van der Waals surface area contributed by atoms with E-state index >= 15 is 0 Å². The van der Waals surface area contributed by atoms with E-state index in [2.05, 4.69) is 56.4 Å². The van der Waals surface area contributed by atoms with Crippen LogP contribution in [0.4, 0.5) is 10.5 Å². The first kappa shape index (κ1) is 18.3. The molecule has 0 aliphatic carbocycles. The first-order chi connectivity index (χ1) is 12.4. The minimum atomic E-state index is -0.130. The van der Waals surface area contributed by atoms with Crippen molar-refractivity contribution in [2.45, 2.75) is 31.6 Å². The van der Waals surface area contributed by atoms with Crippen LogP contribution in [0, 0.1) is 11.3 Å². The molecule has 0 saturated carbocycles. The fraction of sp³-hybridized carbons (Fsp3) is 0.333. The number of nitriles is 1. The van der Waals surface area contributed by atoms with Crippen LogP contribution in [0.5, 0.6) is 0 Å². The van der Waals surface area contributed by atoms with Crippen molar-refractivity contribution in [3.63, 3.8) is 0 Å². The van der Waals surface area contributed by atoms with Crippen LogP contribution in [0.3, 0.4) is 0 Å². The standard InChI is InChI=1S/C21H23N3OS/c1-21(2,3)17-9-7-16(8-10-17)19-24(11-12-26-19)20(25)23-18-6-4-5-15(13-18)14-22/h4-10,13,19H,11-12H2,1-3H3,(H,23,25). The van der Waals surface area contributed by atoms with E-state index in [-0.39, 0.29) is 16.8 Å². The Morgan fingerprint density at radius 1 is 1.23 bits per heavy atom. The summed E-state index contributed by atoms with van der Waals surface area (Å²) in [6, 6.07) is 17.5. The molecule has 2 aromatic carbocycles. The van der Waals surface area contributed by atoms with Gasteiger partial charge in [0.05, 0.1) is 11.6 Å². The van der Waals surface area contributed by atoms with Gasteiger partial charge < -0.3 is 10.2 Å². The van der Waals surface area contributed by atoms with Crippen molar-refractivity contribution in [1.82, 2.24) is 4.90 Å². The molecule has 5 heteroatoms. The lowest BCUT2D eigenvalue weighted by Gasteiger charge is -2.25. The Labute approximate surface area is 159 Å². The predicted molar refractivity (Wildman–Crippen MR) is 107 cm³/mol. The Hall–Kier alpha value is -2.45. The van der Waals surface area contributed by atoms with E-state index in [0.717, 1.165) is 11.3 Å². The van der Waals surface area contributed by atoms with Crippen LogP contribution in [0.25, 0.3) is 0 Å². The van der Waals surface area contributed by atoms with Gasteiger partial charge in [-0.1, -0.05) is 51.1 Å². The highest BCUT2D eigenvalue weighted by Crippen LogP contribution is 2.38. The highest BCUT2D eigenvalue weighted by molar-refractivity contribution is 7.99. The Balaban J connectivity index is 1.75. The number of nitrogens with one attached hydrogen (secondary N) is 1. The number of hydrogen-bond donors (Lipinski definition) is 1. The lowest BCUT2D eigenvalue weighted by atomic mass is 9.87. The van der Waals surface area contributed by atoms with E-state index < -0.39 is 0 Å². The molecule has 1 fully saturated rings. The van der Waals surface area contributed by atoms with E-state index in [1.165, 1.54) is 5.56 Å². The fourth-order valence-electron chi connectivity index (χ4n) is 2.96. The molecule has 1 heterocycles. The van der Waals surface area contributed by atoms with Crippen LogP contribution in [0.1, 0.15) is 42.8 Å². The van der Waals surface area contributed by atoms with Crippen LogP contribution in [-0.4, -0.2) is 23.2 Å². The molecule has 0 bridgehead atoms. The van der Waals surface area contributed by atoms with Crippen molar-refractivity contribution in [3.8, 4) is 6.07 Å². The van der Waals surface area contributed by atoms with Gasteiger partial charge in [0.2, 0.25) is 0 Å². The maximum absolute atomic E-state index is 12.7. The maximum Gasteiger partial charge on any atom is 0.323 e. The van der Waals surface area contributed by atoms with Crippen LogP contribution < -0.4 is 5.32 Å². The summed E-state index contributed by atoms with van der Waals surface area (Å²) in [7, 11) is 0. The third-order valence-corrected chi connectivity index (χ3v) is 5.72. The Morgan fingerprint density at radius 2 is 1.96 bits per heavy atom. The molecular weight excluding hydrogens is 342 g/mol. The number of carbonyl (C=O) groups is 1. The van der Waals surface area contributed by atoms with Crippen molar-refractivity contribution in [3.05, 3.63) is 65.2 Å². The smallest absolute Gasteiger partial charge is 0.308 e. The summed E-state index contributed by atoms with van der Waals surface area (Å²) in [6.07, 6.45) is 0. The normalized spacial score (nSPS) is 17.0. The molecule has 1 unspecified atom stereocenters. The molecule has 1 aliphatic heterocycles. The van der Waals surface area contributed by atoms with Gasteiger partial charge in [0.25, 0.3) is 0 Å². The van der Waals surface area contributed by atoms with Gasteiger partial charge in [-0.05, 0) is 34.7 Å².